The summed E-state index contributed by atoms with van der Waals surface area (Å²) in [6.45, 7) is 4.08. The van der Waals surface area contributed by atoms with Crippen LogP contribution in [0.3, 0.4) is 0 Å². The van der Waals surface area contributed by atoms with Crippen LogP contribution in [0.1, 0.15) is 56.2 Å². The van der Waals surface area contributed by atoms with E-state index in [9.17, 15) is 14.0 Å². The van der Waals surface area contributed by atoms with Gasteiger partial charge in [0.1, 0.15) is 11.5 Å². The lowest BCUT2D eigenvalue weighted by Gasteiger charge is -2.32. The smallest absolute Gasteiger partial charge is 0.276 e. The minimum Gasteiger partial charge on any atom is -0.384 e. The monoisotopic (exact) mass is 498 g/mol. The number of carbonyl (C=O) groups excluding carboxylic acids is 2. The molecule has 4 aromatic rings. The van der Waals surface area contributed by atoms with Gasteiger partial charge in [-0.05, 0) is 53.9 Å². The van der Waals surface area contributed by atoms with E-state index in [4.69, 9.17) is 5.10 Å². The number of rotatable bonds is 5. The quantitative estimate of drug-likeness (QED) is 0.381. The first-order valence-corrected chi connectivity index (χ1v) is 12.4. The number of anilines is 2. The molecular formula is C28H27FN6O2. The largest absolute Gasteiger partial charge is 0.384 e. The number of aromatic amines is 1. The summed E-state index contributed by atoms with van der Waals surface area (Å²) in [6, 6.07) is 15.7. The summed E-state index contributed by atoms with van der Waals surface area (Å²) < 4.78 is 15.3. The van der Waals surface area contributed by atoms with Gasteiger partial charge in [-0.2, -0.15) is 5.10 Å². The van der Waals surface area contributed by atoms with Gasteiger partial charge in [-0.25, -0.2) is 4.39 Å². The predicted molar refractivity (Wildman–Crippen MR) is 138 cm³/mol. The maximum atomic E-state index is 13.5. The van der Waals surface area contributed by atoms with Crippen LogP contribution in [-0.4, -0.2) is 44.6 Å². The van der Waals surface area contributed by atoms with E-state index in [1.807, 2.05) is 29.8 Å². The Morgan fingerprint density at radius 1 is 1.16 bits per heavy atom. The average molecular weight is 499 g/mol. The summed E-state index contributed by atoms with van der Waals surface area (Å²) in [5.41, 5.74) is 6.26. The number of nitrogens with one attached hydrogen (secondary N) is 3. The van der Waals surface area contributed by atoms with Crippen LogP contribution in [0.5, 0.6) is 0 Å². The SMILES string of the molecule is CC1CN(C(=O)c2ccc[nH]2)Cc2c(C(=O)Nc3ccc4c(c3)NCC4)nn(Cc3ccc(F)cc3)c21. The third kappa shape index (κ3) is 4.37. The topological polar surface area (TPSA) is 95.1 Å². The summed E-state index contributed by atoms with van der Waals surface area (Å²) in [5.74, 6) is -0.804. The van der Waals surface area contributed by atoms with Crippen molar-refractivity contribution >= 4 is 23.2 Å². The van der Waals surface area contributed by atoms with E-state index in [-0.39, 0.29) is 30.1 Å². The summed E-state index contributed by atoms with van der Waals surface area (Å²) >= 11 is 0. The van der Waals surface area contributed by atoms with Gasteiger partial charge in [0.25, 0.3) is 11.8 Å². The number of aromatic nitrogens is 3. The standard InChI is InChI=1S/C28H27FN6O2/c1-17-14-34(28(37)23-3-2-11-30-23)16-22-25(27(36)32-21-9-6-19-10-12-31-24(19)13-21)33-35(26(17)22)15-18-4-7-20(29)8-5-18/h2-9,11,13,17,30-31H,10,12,14-16H2,1H3,(H,32,36). The molecule has 8 nitrogen and oxygen atoms in total. The number of nitrogens with zero attached hydrogens (tertiary/aromatic N) is 3. The van der Waals surface area contributed by atoms with E-state index in [2.05, 4.69) is 15.6 Å². The highest BCUT2D eigenvalue weighted by Gasteiger charge is 2.34. The first-order valence-electron chi connectivity index (χ1n) is 12.4. The molecule has 2 amide bonds. The average Bonchev–Trinajstić information content (AvgIpc) is 3.65. The zero-order valence-electron chi connectivity index (χ0n) is 20.4. The van der Waals surface area contributed by atoms with Crippen molar-refractivity contribution in [3.8, 4) is 0 Å². The fraction of sp³-hybridized carbons (Fsp3) is 0.250. The van der Waals surface area contributed by atoms with Gasteiger partial charge in [0.15, 0.2) is 5.69 Å². The van der Waals surface area contributed by atoms with Crippen molar-refractivity contribution in [2.24, 2.45) is 0 Å². The molecule has 0 radical (unpaired) electrons. The molecule has 188 valence electrons. The Morgan fingerprint density at radius 3 is 2.78 bits per heavy atom. The molecule has 2 aromatic heterocycles. The first kappa shape index (κ1) is 23.0. The number of carbonyl (C=O) groups is 2. The van der Waals surface area contributed by atoms with Crippen LogP contribution in [0.2, 0.25) is 0 Å². The van der Waals surface area contributed by atoms with Crippen molar-refractivity contribution in [1.82, 2.24) is 19.7 Å². The Hall–Kier alpha value is -4.40. The molecule has 0 bridgehead atoms. The Kier molecular flexibility index (Phi) is 5.75. The normalized spacial score (nSPS) is 16.2. The molecule has 2 aromatic carbocycles. The third-order valence-electron chi connectivity index (χ3n) is 7.06. The van der Waals surface area contributed by atoms with Crippen molar-refractivity contribution in [3.05, 3.63) is 100 Å². The summed E-state index contributed by atoms with van der Waals surface area (Å²) in [7, 11) is 0. The zero-order valence-corrected chi connectivity index (χ0v) is 20.4. The highest BCUT2D eigenvalue weighted by molar-refractivity contribution is 6.04. The zero-order chi connectivity index (χ0) is 25.5. The number of H-pyrrole nitrogens is 1. The van der Waals surface area contributed by atoms with E-state index in [0.29, 0.717) is 30.2 Å². The van der Waals surface area contributed by atoms with Crippen LogP contribution in [0.4, 0.5) is 15.8 Å². The molecule has 0 fully saturated rings. The van der Waals surface area contributed by atoms with E-state index < -0.39 is 0 Å². The minimum atomic E-state index is -0.326. The fourth-order valence-corrected chi connectivity index (χ4v) is 5.31. The lowest BCUT2D eigenvalue weighted by Crippen LogP contribution is -2.38. The highest BCUT2D eigenvalue weighted by Crippen LogP contribution is 2.33. The van der Waals surface area contributed by atoms with Gasteiger partial charge < -0.3 is 20.5 Å². The lowest BCUT2D eigenvalue weighted by molar-refractivity contribution is 0.0711. The van der Waals surface area contributed by atoms with Crippen molar-refractivity contribution in [2.45, 2.75) is 32.4 Å². The summed E-state index contributed by atoms with van der Waals surface area (Å²) in [5, 5.41) is 11.1. The van der Waals surface area contributed by atoms with E-state index in [1.54, 1.807) is 35.4 Å². The van der Waals surface area contributed by atoms with Crippen LogP contribution >= 0.6 is 0 Å². The second kappa shape index (κ2) is 9.24. The summed E-state index contributed by atoms with van der Waals surface area (Å²) in [6.07, 6.45) is 2.69. The second-order valence-corrected chi connectivity index (χ2v) is 9.67. The molecule has 0 saturated heterocycles. The molecule has 2 aliphatic rings. The molecule has 37 heavy (non-hydrogen) atoms. The minimum absolute atomic E-state index is 0.0543. The van der Waals surface area contributed by atoms with Crippen LogP contribution in [0.25, 0.3) is 0 Å². The Morgan fingerprint density at radius 2 is 2.00 bits per heavy atom. The van der Waals surface area contributed by atoms with Gasteiger partial charge in [-0.1, -0.05) is 25.1 Å². The molecule has 9 heteroatoms. The molecule has 6 rings (SSSR count). The Labute approximate surface area is 213 Å². The van der Waals surface area contributed by atoms with Crippen LogP contribution in [0, 0.1) is 5.82 Å². The van der Waals surface area contributed by atoms with Crippen LogP contribution in [-0.2, 0) is 19.5 Å². The number of benzene rings is 2. The van der Waals surface area contributed by atoms with Gasteiger partial charge in [0.05, 0.1) is 13.1 Å². The summed E-state index contributed by atoms with van der Waals surface area (Å²) in [4.78, 5) is 31.4. The van der Waals surface area contributed by atoms with Gasteiger partial charge in [0, 0.05) is 47.8 Å². The van der Waals surface area contributed by atoms with Crippen molar-refractivity contribution in [1.29, 1.82) is 0 Å². The number of amides is 2. The molecule has 4 heterocycles. The first-order chi connectivity index (χ1) is 18.0. The number of halogens is 1. The van der Waals surface area contributed by atoms with E-state index >= 15 is 0 Å². The van der Waals surface area contributed by atoms with Gasteiger partial charge in [-0.3, -0.25) is 14.3 Å². The lowest BCUT2D eigenvalue weighted by atomic mass is 9.95. The number of hydrogen-bond donors (Lipinski definition) is 3. The predicted octanol–water partition coefficient (Wildman–Crippen LogP) is 4.38. The van der Waals surface area contributed by atoms with E-state index in [1.165, 1.54) is 17.7 Å². The number of hydrogen-bond acceptors (Lipinski definition) is 4. The Bertz CT molecular complexity index is 1480. The third-order valence-corrected chi connectivity index (χ3v) is 7.06. The fourth-order valence-electron chi connectivity index (χ4n) is 5.31. The molecular weight excluding hydrogens is 471 g/mol. The highest BCUT2D eigenvalue weighted by atomic mass is 19.1. The van der Waals surface area contributed by atoms with Gasteiger partial charge in [0.2, 0.25) is 0 Å². The molecule has 0 spiro atoms. The molecule has 1 atom stereocenters. The second-order valence-electron chi connectivity index (χ2n) is 9.67. The van der Waals surface area contributed by atoms with Crippen molar-refractivity contribution < 1.29 is 14.0 Å². The van der Waals surface area contributed by atoms with Gasteiger partial charge >= 0.3 is 0 Å². The molecule has 3 N–H and O–H groups in total. The van der Waals surface area contributed by atoms with Crippen LogP contribution in [0.15, 0.2) is 60.8 Å². The van der Waals surface area contributed by atoms with Gasteiger partial charge in [-0.15, -0.1) is 0 Å². The molecule has 2 aliphatic heterocycles. The Balaban J connectivity index is 1.35. The molecule has 0 aliphatic carbocycles. The molecule has 1 unspecified atom stereocenters. The maximum absolute atomic E-state index is 13.5. The van der Waals surface area contributed by atoms with Crippen molar-refractivity contribution in [3.63, 3.8) is 0 Å². The van der Waals surface area contributed by atoms with Crippen molar-refractivity contribution in [2.75, 3.05) is 23.7 Å². The van der Waals surface area contributed by atoms with Crippen LogP contribution < -0.4 is 10.6 Å². The molecule has 0 saturated carbocycles. The maximum Gasteiger partial charge on any atom is 0.276 e. The van der Waals surface area contributed by atoms with E-state index in [0.717, 1.165) is 35.5 Å². The number of fused-ring (bicyclic) bond motifs is 2.